The highest BCUT2D eigenvalue weighted by atomic mass is 19.1. The summed E-state index contributed by atoms with van der Waals surface area (Å²) in [6.45, 7) is 6.07. The zero-order valence-corrected chi connectivity index (χ0v) is 12.8. The summed E-state index contributed by atoms with van der Waals surface area (Å²) in [7, 11) is 0. The first-order valence-electron chi connectivity index (χ1n) is 7.28. The fraction of sp³-hybridized carbons (Fsp3) is 0.333. The molecule has 0 aromatic heterocycles. The average molecular weight is 287 g/mol. The van der Waals surface area contributed by atoms with Crippen molar-refractivity contribution >= 4 is 0 Å². The number of hydrogen-bond acceptors (Lipinski definition) is 2. The summed E-state index contributed by atoms with van der Waals surface area (Å²) in [5, 5.41) is 0. The first-order valence-corrected chi connectivity index (χ1v) is 7.28. The zero-order chi connectivity index (χ0) is 15.4. The number of nitrogens with two attached hydrogens (primary N) is 1. The molecule has 0 aliphatic heterocycles. The van der Waals surface area contributed by atoms with Gasteiger partial charge in [-0.3, -0.25) is 0 Å². The van der Waals surface area contributed by atoms with Gasteiger partial charge in [-0.05, 0) is 73.7 Å². The minimum atomic E-state index is -0.263. The number of hydrogen-bond donors (Lipinski definition) is 1. The van der Waals surface area contributed by atoms with Gasteiger partial charge >= 0.3 is 0 Å². The van der Waals surface area contributed by atoms with E-state index in [2.05, 4.69) is 6.07 Å². The molecule has 0 fully saturated rings. The van der Waals surface area contributed by atoms with Crippen molar-refractivity contribution in [3.8, 4) is 11.5 Å². The first-order chi connectivity index (χ1) is 9.97. The van der Waals surface area contributed by atoms with Crippen molar-refractivity contribution in [2.45, 2.75) is 39.7 Å². The number of halogens is 1. The van der Waals surface area contributed by atoms with Gasteiger partial charge in [-0.1, -0.05) is 13.0 Å². The van der Waals surface area contributed by atoms with Crippen LogP contribution in [-0.2, 0) is 6.42 Å². The predicted molar refractivity (Wildman–Crippen MR) is 84.4 cm³/mol. The Morgan fingerprint density at radius 3 is 2.38 bits per heavy atom. The van der Waals surface area contributed by atoms with Crippen molar-refractivity contribution in [2.75, 3.05) is 0 Å². The van der Waals surface area contributed by atoms with Crippen LogP contribution in [-0.4, -0.2) is 6.04 Å². The average Bonchev–Trinajstić information content (AvgIpc) is 2.40. The molecule has 2 aromatic carbocycles. The molecule has 0 aliphatic rings. The Morgan fingerprint density at radius 2 is 1.76 bits per heavy atom. The third-order valence-corrected chi connectivity index (χ3v) is 3.45. The second-order valence-corrected chi connectivity index (χ2v) is 5.55. The molecule has 21 heavy (non-hydrogen) atoms. The van der Waals surface area contributed by atoms with Crippen LogP contribution in [0.5, 0.6) is 11.5 Å². The SMILES string of the molecule is CCC(N)Cc1cc(F)ccc1Oc1cc(C)cc(C)c1. The summed E-state index contributed by atoms with van der Waals surface area (Å²) in [4.78, 5) is 0. The van der Waals surface area contributed by atoms with Crippen LogP contribution in [0.25, 0.3) is 0 Å². The van der Waals surface area contributed by atoms with Gasteiger partial charge in [0.25, 0.3) is 0 Å². The lowest BCUT2D eigenvalue weighted by Crippen LogP contribution is -2.21. The first kappa shape index (κ1) is 15.5. The van der Waals surface area contributed by atoms with Gasteiger partial charge in [0.1, 0.15) is 17.3 Å². The van der Waals surface area contributed by atoms with Crippen molar-refractivity contribution in [3.05, 3.63) is 58.9 Å². The van der Waals surface area contributed by atoms with E-state index in [-0.39, 0.29) is 11.9 Å². The lowest BCUT2D eigenvalue weighted by atomic mass is 10.0. The molecule has 2 N–H and O–H groups in total. The van der Waals surface area contributed by atoms with Crippen LogP contribution in [0.3, 0.4) is 0 Å². The number of benzene rings is 2. The molecule has 2 nitrogen and oxygen atoms in total. The van der Waals surface area contributed by atoms with Gasteiger partial charge in [0.05, 0.1) is 0 Å². The van der Waals surface area contributed by atoms with E-state index in [1.807, 2.05) is 32.9 Å². The Balaban J connectivity index is 2.30. The Kier molecular flexibility index (Phi) is 4.97. The normalized spacial score (nSPS) is 12.2. The highest BCUT2D eigenvalue weighted by molar-refractivity contribution is 5.41. The largest absolute Gasteiger partial charge is 0.457 e. The summed E-state index contributed by atoms with van der Waals surface area (Å²) in [5.74, 6) is 1.18. The van der Waals surface area contributed by atoms with E-state index in [0.717, 1.165) is 28.9 Å². The van der Waals surface area contributed by atoms with Gasteiger partial charge in [-0.25, -0.2) is 4.39 Å². The summed E-state index contributed by atoms with van der Waals surface area (Å²) in [5.41, 5.74) is 9.07. The van der Waals surface area contributed by atoms with E-state index in [0.29, 0.717) is 12.2 Å². The van der Waals surface area contributed by atoms with Crippen LogP contribution in [0.2, 0.25) is 0 Å². The Morgan fingerprint density at radius 1 is 1.10 bits per heavy atom. The van der Waals surface area contributed by atoms with E-state index in [4.69, 9.17) is 10.5 Å². The van der Waals surface area contributed by atoms with Crippen molar-refractivity contribution in [1.82, 2.24) is 0 Å². The fourth-order valence-electron chi connectivity index (χ4n) is 2.35. The van der Waals surface area contributed by atoms with Gasteiger partial charge in [0.2, 0.25) is 0 Å². The minimum Gasteiger partial charge on any atom is -0.457 e. The molecule has 2 aromatic rings. The third-order valence-electron chi connectivity index (χ3n) is 3.45. The second-order valence-electron chi connectivity index (χ2n) is 5.55. The molecule has 0 saturated heterocycles. The minimum absolute atomic E-state index is 0.00777. The molecule has 1 atom stereocenters. The molecule has 0 aliphatic carbocycles. The van der Waals surface area contributed by atoms with Gasteiger partial charge < -0.3 is 10.5 Å². The third kappa shape index (κ3) is 4.30. The summed E-state index contributed by atoms with van der Waals surface area (Å²) >= 11 is 0. The molecule has 0 radical (unpaired) electrons. The molecular weight excluding hydrogens is 265 g/mol. The van der Waals surface area contributed by atoms with Crippen molar-refractivity contribution < 1.29 is 9.13 Å². The number of rotatable bonds is 5. The van der Waals surface area contributed by atoms with Crippen LogP contribution < -0.4 is 10.5 Å². The number of ether oxygens (including phenoxy) is 1. The molecule has 112 valence electrons. The van der Waals surface area contributed by atoms with Gasteiger partial charge in [0.15, 0.2) is 0 Å². The highest BCUT2D eigenvalue weighted by Gasteiger charge is 2.10. The Hall–Kier alpha value is -1.87. The molecule has 0 saturated carbocycles. The molecule has 1 unspecified atom stereocenters. The molecule has 0 amide bonds. The van der Waals surface area contributed by atoms with Crippen LogP contribution in [0.4, 0.5) is 4.39 Å². The maximum atomic E-state index is 13.5. The smallest absolute Gasteiger partial charge is 0.130 e. The predicted octanol–water partition coefficient (Wildman–Crippen LogP) is 4.51. The monoisotopic (exact) mass is 287 g/mol. The molecular formula is C18H22FNO. The van der Waals surface area contributed by atoms with E-state index < -0.39 is 0 Å². The quantitative estimate of drug-likeness (QED) is 0.877. The zero-order valence-electron chi connectivity index (χ0n) is 12.8. The van der Waals surface area contributed by atoms with E-state index in [1.54, 1.807) is 6.07 Å². The maximum absolute atomic E-state index is 13.5. The van der Waals surface area contributed by atoms with Crippen LogP contribution in [0, 0.1) is 19.7 Å². The summed E-state index contributed by atoms with van der Waals surface area (Å²) in [6, 6.07) is 10.6. The Bertz CT molecular complexity index is 604. The van der Waals surface area contributed by atoms with E-state index >= 15 is 0 Å². The summed E-state index contributed by atoms with van der Waals surface area (Å²) in [6.07, 6.45) is 1.45. The van der Waals surface area contributed by atoms with Gasteiger partial charge in [-0.15, -0.1) is 0 Å². The van der Waals surface area contributed by atoms with Crippen molar-refractivity contribution in [1.29, 1.82) is 0 Å². The topological polar surface area (TPSA) is 35.2 Å². The van der Waals surface area contributed by atoms with E-state index in [1.165, 1.54) is 12.1 Å². The lowest BCUT2D eigenvalue weighted by molar-refractivity contribution is 0.468. The second kappa shape index (κ2) is 6.72. The maximum Gasteiger partial charge on any atom is 0.130 e. The van der Waals surface area contributed by atoms with Gasteiger partial charge in [0, 0.05) is 6.04 Å². The molecule has 2 rings (SSSR count). The van der Waals surface area contributed by atoms with Crippen LogP contribution in [0.1, 0.15) is 30.0 Å². The highest BCUT2D eigenvalue weighted by Crippen LogP contribution is 2.28. The van der Waals surface area contributed by atoms with Crippen LogP contribution >= 0.6 is 0 Å². The van der Waals surface area contributed by atoms with Crippen molar-refractivity contribution in [3.63, 3.8) is 0 Å². The number of aryl methyl sites for hydroxylation is 2. The Labute approximate surface area is 125 Å². The molecule has 3 heteroatoms. The molecule has 0 heterocycles. The van der Waals surface area contributed by atoms with Crippen molar-refractivity contribution in [2.24, 2.45) is 5.73 Å². The summed E-state index contributed by atoms with van der Waals surface area (Å²) < 4.78 is 19.4. The van der Waals surface area contributed by atoms with E-state index in [9.17, 15) is 4.39 Å². The molecule has 0 bridgehead atoms. The lowest BCUT2D eigenvalue weighted by Gasteiger charge is -2.15. The van der Waals surface area contributed by atoms with Gasteiger partial charge in [-0.2, -0.15) is 0 Å². The van der Waals surface area contributed by atoms with Crippen LogP contribution in [0.15, 0.2) is 36.4 Å². The molecule has 0 spiro atoms. The standard InChI is InChI=1S/C18H22FNO/c1-4-16(20)11-14-10-15(19)5-6-18(14)21-17-8-12(2)7-13(3)9-17/h5-10,16H,4,11,20H2,1-3H3. The fourth-order valence-corrected chi connectivity index (χ4v) is 2.35.